The largest absolute Gasteiger partial charge is 0.121 e. The van der Waals surface area contributed by atoms with Crippen LogP contribution < -0.4 is 0 Å². The van der Waals surface area contributed by atoms with Gasteiger partial charge in [-0.25, -0.2) is 0 Å². The smallest absolute Gasteiger partial charge is 0.0502 e. The fourth-order valence-corrected chi connectivity index (χ4v) is 1.27. The van der Waals surface area contributed by atoms with Gasteiger partial charge in [-0.3, -0.25) is 0 Å². The van der Waals surface area contributed by atoms with E-state index in [1.54, 1.807) is 5.88 Å². The second kappa shape index (κ2) is 6.41. The summed E-state index contributed by atoms with van der Waals surface area (Å²) in [6.07, 6.45) is 4.94. The van der Waals surface area contributed by atoms with Gasteiger partial charge in [-0.2, -0.15) is 0 Å². The number of hydrogen-bond donors (Lipinski definition) is 0. The van der Waals surface area contributed by atoms with E-state index in [4.69, 9.17) is 11.6 Å². The molecule has 0 aromatic heterocycles. The molecule has 55 valence electrons. The first-order valence-electron chi connectivity index (χ1n) is 3.77. The van der Waals surface area contributed by atoms with E-state index in [0.29, 0.717) is 0 Å². The van der Waals surface area contributed by atoms with Gasteiger partial charge in [0.2, 0.25) is 0 Å². The van der Waals surface area contributed by atoms with E-state index in [1.165, 1.54) is 19.3 Å². The van der Waals surface area contributed by atoms with Crippen LogP contribution in [0.15, 0.2) is 0 Å². The maximum atomic E-state index is 5.49. The summed E-state index contributed by atoms with van der Waals surface area (Å²) in [5, 5.41) is 0. The summed E-state index contributed by atoms with van der Waals surface area (Å²) in [6.45, 7) is 4.44. The van der Waals surface area contributed by atoms with Gasteiger partial charge in [0.25, 0.3) is 0 Å². The minimum Gasteiger partial charge on any atom is -0.121 e. The molecule has 0 amide bonds. The molecule has 1 radical (unpaired) electrons. The standard InChI is InChI=1S/C8H16Cl/c1-3-5-8(4-2)6-7-9/h7-8H,3-6H2,1-2H3. The molecule has 0 heterocycles. The molecule has 0 N–H and O–H groups in total. The van der Waals surface area contributed by atoms with Crippen LogP contribution in [-0.4, -0.2) is 0 Å². The molecule has 0 aliphatic carbocycles. The minimum absolute atomic E-state index is 0.826. The fraction of sp³-hybridized carbons (Fsp3) is 0.875. The van der Waals surface area contributed by atoms with Crippen molar-refractivity contribution in [1.29, 1.82) is 0 Å². The Kier molecular flexibility index (Phi) is 6.62. The van der Waals surface area contributed by atoms with Gasteiger partial charge in [0.15, 0.2) is 0 Å². The molecular weight excluding hydrogens is 132 g/mol. The minimum atomic E-state index is 0.826. The van der Waals surface area contributed by atoms with Crippen molar-refractivity contribution in [3.63, 3.8) is 0 Å². The van der Waals surface area contributed by atoms with E-state index >= 15 is 0 Å². The summed E-state index contributed by atoms with van der Waals surface area (Å²) in [4.78, 5) is 0. The molecule has 0 aliphatic rings. The normalized spacial score (nSPS) is 13.7. The van der Waals surface area contributed by atoms with Crippen molar-refractivity contribution in [1.82, 2.24) is 0 Å². The van der Waals surface area contributed by atoms with E-state index in [9.17, 15) is 0 Å². The van der Waals surface area contributed by atoms with Crippen LogP contribution in [0.1, 0.15) is 39.5 Å². The van der Waals surface area contributed by atoms with E-state index in [1.807, 2.05) is 0 Å². The molecule has 1 unspecified atom stereocenters. The first-order valence-corrected chi connectivity index (χ1v) is 4.20. The van der Waals surface area contributed by atoms with Crippen molar-refractivity contribution < 1.29 is 0 Å². The zero-order valence-corrected chi connectivity index (χ0v) is 7.12. The van der Waals surface area contributed by atoms with Gasteiger partial charge in [0.1, 0.15) is 0 Å². The molecule has 0 saturated carbocycles. The van der Waals surface area contributed by atoms with Crippen LogP contribution in [-0.2, 0) is 0 Å². The Labute approximate surface area is 63.6 Å². The molecule has 0 aromatic carbocycles. The molecule has 0 nitrogen and oxygen atoms in total. The first kappa shape index (κ1) is 9.29. The highest BCUT2D eigenvalue weighted by Gasteiger charge is 2.02. The van der Waals surface area contributed by atoms with Crippen molar-refractivity contribution in [2.45, 2.75) is 39.5 Å². The molecule has 0 rings (SSSR count). The highest BCUT2D eigenvalue weighted by molar-refractivity contribution is 6.23. The Bertz CT molecular complexity index is 46.5. The molecule has 0 fully saturated rings. The Morgan fingerprint density at radius 3 is 2.44 bits per heavy atom. The van der Waals surface area contributed by atoms with E-state index in [-0.39, 0.29) is 0 Å². The zero-order valence-electron chi connectivity index (χ0n) is 6.36. The van der Waals surface area contributed by atoms with Crippen molar-refractivity contribution in [2.24, 2.45) is 5.92 Å². The molecular formula is C8H16Cl. The summed E-state index contributed by atoms with van der Waals surface area (Å²) < 4.78 is 0. The van der Waals surface area contributed by atoms with E-state index < -0.39 is 0 Å². The third kappa shape index (κ3) is 4.77. The third-order valence-electron chi connectivity index (χ3n) is 1.70. The molecule has 1 atom stereocenters. The zero-order chi connectivity index (χ0) is 7.11. The lowest BCUT2D eigenvalue weighted by molar-refractivity contribution is 0.465. The van der Waals surface area contributed by atoms with E-state index in [0.717, 1.165) is 12.3 Å². The summed E-state index contributed by atoms with van der Waals surface area (Å²) in [5.74, 6) is 2.58. The fourth-order valence-electron chi connectivity index (χ4n) is 1.02. The SMILES string of the molecule is CCCC(CC)C[CH]Cl. The molecule has 0 aliphatic heterocycles. The summed E-state index contributed by atoms with van der Waals surface area (Å²) in [7, 11) is 0. The van der Waals surface area contributed by atoms with Crippen LogP contribution in [0.5, 0.6) is 0 Å². The van der Waals surface area contributed by atoms with Crippen LogP contribution >= 0.6 is 11.6 Å². The topological polar surface area (TPSA) is 0 Å². The average Bonchev–Trinajstić information content (AvgIpc) is 1.88. The molecule has 0 aromatic rings. The van der Waals surface area contributed by atoms with Crippen molar-refractivity contribution in [3.05, 3.63) is 5.88 Å². The predicted octanol–water partition coefficient (Wildman–Crippen LogP) is 3.60. The van der Waals surface area contributed by atoms with Gasteiger partial charge >= 0.3 is 0 Å². The number of hydrogen-bond acceptors (Lipinski definition) is 0. The Morgan fingerprint density at radius 1 is 1.44 bits per heavy atom. The van der Waals surface area contributed by atoms with Crippen LogP contribution in [0, 0.1) is 11.8 Å². The van der Waals surface area contributed by atoms with Crippen LogP contribution in [0.4, 0.5) is 0 Å². The lowest BCUT2D eigenvalue weighted by Gasteiger charge is -2.09. The average molecular weight is 148 g/mol. The van der Waals surface area contributed by atoms with Gasteiger partial charge in [0.05, 0.1) is 5.88 Å². The summed E-state index contributed by atoms with van der Waals surface area (Å²) >= 11 is 5.49. The molecule has 1 heteroatoms. The van der Waals surface area contributed by atoms with Gasteiger partial charge in [-0.15, -0.1) is 11.6 Å². The Hall–Kier alpha value is 0.290. The predicted molar refractivity (Wildman–Crippen MR) is 43.5 cm³/mol. The van der Waals surface area contributed by atoms with Gasteiger partial charge < -0.3 is 0 Å². The molecule has 0 saturated heterocycles. The van der Waals surface area contributed by atoms with Crippen molar-refractivity contribution in [2.75, 3.05) is 0 Å². The highest BCUT2D eigenvalue weighted by Crippen LogP contribution is 2.17. The Balaban J connectivity index is 3.18. The lowest BCUT2D eigenvalue weighted by atomic mass is 9.98. The molecule has 0 bridgehead atoms. The number of rotatable bonds is 5. The van der Waals surface area contributed by atoms with Crippen molar-refractivity contribution >= 4 is 11.6 Å². The monoisotopic (exact) mass is 147 g/mol. The van der Waals surface area contributed by atoms with Crippen LogP contribution in [0.3, 0.4) is 0 Å². The van der Waals surface area contributed by atoms with Gasteiger partial charge in [-0.05, 0) is 12.3 Å². The van der Waals surface area contributed by atoms with Crippen LogP contribution in [0.25, 0.3) is 0 Å². The second-order valence-corrected chi connectivity index (χ2v) is 2.76. The summed E-state index contributed by atoms with van der Waals surface area (Å²) in [6, 6.07) is 0. The number of halogens is 1. The van der Waals surface area contributed by atoms with Crippen molar-refractivity contribution in [3.8, 4) is 0 Å². The van der Waals surface area contributed by atoms with E-state index in [2.05, 4.69) is 13.8 Å². The van der Waals surface area contributed by atoms with Crippen LogP contribution in [0.2, 0.25) is 0 Å². The Morgan fingerprint density at radius 2 is 2.11 bits per heavy atom. The lowest BCUT2D eigenvalue weighted by Crippen LogP contribution is -1.96. The second-order valence-electron chi connectivity index (χ2n) is 2.45. The highest BCUT2D eigenvalue weighted by atomic mass is 35.5. The molecule has 0 spiro atoms. The molecule has 9 heavy (non-hydrogen) atoms. The summed E-state index contributed by atoms with van der Waals surface area (Å²) in [5.41, 5.74) is 0. The first-order chi connectivity index (χ1) is 4.35. The third-order valence-corrected chi connectivity index (χ3v) is 1.87. The maximum absolute atomic E-state index is 5.49. The van der Waals surface area contributed by atoms with Gasteiger partial charge in [0, 0.05) is 0 Å². The van der Waals surface area contributed by atoms with Gasteiger partial charge in [-0.1, -0.05) is 33.1 Å². The maximum Gasteiger partial charge on any atom is 0.0502 e. The quantitative estimate of drug-likeness (QED) is 0.558.